The molecule has 0 aromatic carbocycles. The van der Waals surface area contributed by atoms with Gasteiger partial charge in [0.1, 0.15) is 25.7 Å². The van der Waals surface area contributed by atoms with Gasteiger partial charge in [0, 0.05) is 25.4 Å². The Kier molecular flexibility index (Phi) is 12.5. The van der Waals surface area contributed by atoms with E-state index >= 15 is 0 Å². The molecule has 8 heteroatoms. The molecule has 0 spiro atoms. The number of hydrogen-bond acceptors (Lipinski definition) is 8. The zero-order chi connectivity index (χ0) is 18.2. The molecule has 24 heavy (non-hydrogen) atoms. The Labute approximate surface area is 140 Å². The van der Waals surface area contributed by atoms with Crippen LogP contribution in [-0.2, 0) is 28.5 Å². The van der Waals surface area contributed by atoms with Crippen molar-refractivity contribution in [1.82, 2.24) is 0 Å². The van der Waals surface area contributed by atoms with Crippen LogP contribution in [0.25, 0.3) is 0 Å². The minimum atomic E-state index is -0.671. The molecule has 0 heterocycles. The van der Waals surface area contributed by atoms with Crippen molar-refractivity contribution >= 4 is 11.9 Å². The van der Waals surface area contributed by atoms with E-state index in [1.807, 2.05) is 0 Å². The second-order valence-electron chi connectivity index (χ2n) is 4.31. The Morgan fingerprint density at radius 3 is 1.50 bits per heavy atom. The molecule has 0 unspecified atom stereocenters. The second kappa shape index (κ2) is 14.0. The largest absolute Gasteiger partial charge is 0.507 e. The third-order valence-electron chi connectivity index (χ3n) is 2.28. The van der Waals surface area contributed by atoms with E-state index in [2.05, 4.69) is 22.6 Å². The van der Waals surface area contributed by atoms with E-state index in [0.717, 1.165) is 24.7 Å². The van der Waals surface area contributed by atoms with E-state index < -0.39 is 11.9 Å². The van der Waals surface area contributed by atoms with Crippen LogP contribution in [0.4, 0.5) is 0 Å². The Morgan fingerprint density at radius 1 is 0.792 bits per heavy atom. The average Bonchev–Trinajstić information content (AvgIpc) is 2.59. The van der Waals surface area contributed by atoms with E-state index in [1.54, 1.807) is 0 Å². The summed E-state index contributed by atoms with van der Waals surface area (Å²) in [6.07, 6.45) is 5.05. The van der Waals surface area contributed by atoms with Gasteiger partial charge in [0.2, 0.25) is 0 Å². The predicted molar refractivity (Wildman–Crippen MR) is 84.9 cm³/mol. The molecule has 0 bridgehead atoms. The monoisotopic (exact) mass is 342 g/mol. The first-order valence-corrected chi connectivity index (χ1v) is 7.07. The number of rotatable bonds is 13. The molecule has 2 N–H and O–H groups in total. The van der Waals surface area contributed by atoms with Gasteiger partial charge in [-0.2, -0.15) is 0 Å². The van der Waals surface area contributed by atoms with Gasteiger partial charge in [0.15, 0.2) is 11.5 Å². The number of ether oxygens (including phenoxy) is 4. The minimum Gasteiger partial charge on any atom is -0.507 e. The number of esters is 2. The number of aliphatic hydroxyl groups is 2. The van der Waals surface area contributed by atoms with Gasteiger partial charge in [0.25, 0.3) is 0 Å². The van der Waals surface area contributed by atoms with Crippen molar-refractivity contribution in [3.63, 3.8) is 0 Å². The normalized spacial score (nSPS) is 11.7. The number of hydrogen-bond donors (Lipinski definition) is 2. The topological polar surface area (TPSA) is 112 Å². The lowest BCUT2D eigenvalue weighted by molar-refractivity contribution is -0.133. The average molecular weight is 342 g/mol. The zero-order valence-corrected chi connectivity index (χ0v) is 13.3. The Balaban J connectivity index is 3.57. The predicted octanol–water partition coefficient (Wildman–Crippen LogP) is 2.06. The fourth-order valence-corrected chi connectivity index (χ4v) is 1.18. The lowest BCUT2D eigenvalue weighted by Crippen LogP contribution is -2.05. The summed E-state index contributed by atoms with van der Waals surface area (Å²) in [6.45, 7) is 7.00. The van der Waals surface area contributed by atoms with Crippen LogP contribution < -0.4 is 0 Å². The summed E-state index contributed by atoms with van der Waals surface area (Å²) in [5, 5.41) is 18.7. The molecule has 0 saturated carbocycles. The highest BCUT2D eigenvalue weighted by Crippen LogP contribution is 1.98. The summed E-state index contributed by atoms with van der Waals surface area (Å²) >= 11 is 0. The summed E-state index contributed by atoms with van der Waals surface area (Å²) in [7, 11) is 0. The summed E-state index contributed by atoms with van der Waals surface area (Å²) in [4.78, 5) is 21.5. The van der Waals surface area contributed by atoms with E-state index in [9.17, 15) is 19.8 Å². The van der Waals surface area contributed by atoms with Gasteiger partial charge in [0.05, 0.1) is 0 Å². The van der Waals surface area contributed by atoms with E-state index in [0.29, 0.717) is 26.1 Å². The number of aliphatic hydroxyl groups excluding tert-OH is 2. The third-order valence-corrected chi connectivity index (χ3v) is 2.28. The van der Waals surface area contributed by atoms with Gasteiger partial charge < -0.3 is 29.2 Å². The van der Waals surface area contributed by atoms with Crippen molar-refractivity contribution in [2.75, 3.05) is 26.4 Å². The zero-order valence-electron chi connectivity index (χ0n) is 13.3. The summed E-state index contributed by atoms with van der Waals surface area (Å²) in [6, 6.07) is 0. The fraction of sp³-hybridized carbons (Fsp3) is 0.375. The first-order chi connectivity index (χ1) is 11.5. The Bertz CT molecular complexity index is 434. The highest BCUT2D eigenvalue weighted by atomic mass is 16.5. The quantitative estimate of drug-likeness (QED) is 0.226. The van der Waals surface area contributed by atoms with Crippen LogP contribution in [0.1, 0.15) is 12.8 Å². The Morgan fingerprint density at radius 2 is 1.17 bits per heavy atom. The lowest BCUT2D eigenvalue weighted by Gasteiger charge is -2.05. The third kappa shape index (κ3) is 13.1. The van der Waals surface area contributed by atoms with Crippen molar-refractivity contribution in [2.45, 2.75) is 12.8 Å². The summed E-state index contributed by atoms with van der Waals surface area (Å²) in [5.41, 5.74) is 0. The molecule has 134 valence electrons. The maximum absolute atomic E-state index is 10.7. The van der Waals surface area contributed by atoms with Crippen molar-refractivity contribution in [2.24, 2.45) is 0 Å². The van der Waals surface area contributed by atoms with Gasteiger partial charge in [-0.3, -0.25) is 0 Å². The first kappa shape index (κ1) is 21.4. The molecule has 0 radical (unpaired) electrons. The number of carbonyl (C=O) groups excluding carboxylic acids is 2. The number of carbonyl (C=O) groups is 2. The van der Waals surface area contributed by atoms with Gasteiger partial charge >= 0.3 is 11.9 Å². The first-order valence-electron chi connectivity index (χ1n) is 7.07. The van der Waals surface area contributed by atoms with Crippen LogP contribution in [-0.4, -0.2) is 48.6 Å². The molecule has 0 aromatic rings. The Hall–Kier alpha value is -2.58. The van der Waals surface area contributed by atoms with Gasteiger partial charge in [-0.25, -0.2) is 9.59 Å². The van der Waals surface area contributed by atoms with Crippen molar-refractivity contribution in [1.29, 1.82) is 0 Å². The van der Waals surface area contributed by atoms with Crippen LogP contribution in [0.2, 0.25) is 0 Å². The van der Waals surface area contributed by atoms with E-state index in [1.165, 1.54) is 0 Å². The van der Waals surface area contributed by atoms with Gasteiger partial charge in [-0.05, 0) is 12.8 Å². The fourth-order valence-electron chi connectivity index (χ4n) is 1.18. The SMILES string of the molecule is C=CC(=O)OC=C(O)COCCCCOCC(O)=COC(=O)C=C. The van der Waals surface area contributed by atoms with Gasteiger partial charge in [-0.1, -0.05) is 13.2 Å². The van der Waals surface area contributed by atoms with Gasteiger partial charge in [-0.15, -0.1) is 0 Å². The molecule has 0 fully saturated rings. The molecular weight excluding hydrogens is 320 g/mol. The molecule has 8 nitrogen and oxygen atoms in total. The molecule has 0 saturated heterocycles. The minimum absolute atomic E-state index is 0.0799. The maximum atomic E-state index is 10.7. The van der Waals surface area contributed by atoms with Crippen LogP contribution >= 0.6 is 0 Å². The molecule has 0 atom stereocenters. The highest BCUT2D eigenvalue weighted by molar-refractivity contribution is 5.82. The smallest absolute Gasteiger partial charge is 0.335 e. The van der Waals surface area contributed by atoms with Crippen LogP contribution in [0.15, 0.2) is 49.4 Å². The molecule has 0 rings (SSSR count). The van der Waals surface area contributed by atoms with Crippen molar-refractivity contribution in [3.8, 4) is 0 Å². The second-order valence-corrected chi connectivity index (χ2v) is 4.31. The molecule has 0 aliphatic carbocycles. The summed E-state index contributed by atoms with van der Waals surface area (Å²) in [5.74, 6) is -1.78. The maximum Gasteiger partial charge on any atom is 0.335 e. The molecule has 0 aromatic heterocycles. The van der Waals surface area contributed by atoms with Crippen LogP contribution in [0.3, 0.4) is 0 Å². The standard InChI is InChI=1S/C16H22O8/c1-3-15(19)23-11-13(17)9-21-7-5-6-8-22-10-14(18)12-24-16(20)4-2/h3-4,11-12,17-18H,1-2,5-10H2. The van der Waals surface area contributed by atoms with Crippen molar-refractivity contribution < 1.29 is 38.7 Å². The lowest BCUT2D eigenvalue weighted by atomic mass is 10.3. The summed E-state index contributed by atoms with van der Waals surface area (Å²) < 4.78 is 19.3. The van der Waals surface area contributed by atoms with Crippen LogP contribution in [0, 0.1) is 0 Å². The molecule has 0 amide bonds. The van der Waals surface area contributed by atoms with Crippen molar-refractivity contribution in [3.05, 3.63) is 49.4 Å². The van der Waals surface area contributed by atoms with E-state index in [-0.39, 0.29) is 24.7 Å². The highest BCUT2D eigenvalue weighted by Gasteiger charge is 1.99. The molecule has 0 aliphatic rings. The van der Waals surface area contributed by atoms with Crippen LogP contribution in [0.5, 0.6) is 0 Å². The molecular formula is C16H22O8. The number of unbranched alkanes of at least 4 members (excludes halogenated alkanes) is 1. The molecule has 0 aliphatic heterocycles. The van der Waals surface area contributed by atoms with E-state index in [4.69, 9.17) is 9.47 Å².